The van der Waals surface area contributed by atoms with Gasteiger partial charge in [-0.1, -0.05) is 41.7 Å². The van der Waals surface area contributed by atoms with Crippen molar-refractivity contribution in [2.45, 2.75) is 26.5 Å². The van der Waals surface area contributed by atoms with Crippen molar-refractivity contribution in [3.05, 3.63) is 90.6 Å². The van der Waals surface area contributed by atoms with Gasteiger partial charge in [-0.25, -0.2) is 9.79 Å². The van der Waals surface area contributed by atoms with Crippen molar-refractivity contribution < 1.29 is 27.8 Å². The number of fused-ring (bicyclic) bond motifs is 1. The van der Waals surface area contributed by atoms with Crippen LogP contribution < -0.4 is 24.4 Å². The first kappa shape index (κ1) is 24.3. The highest BCUT2D eigenvalue weighted by Gasteiger charge is 2.33. The third-order valence-corrected chi connectivity index (χ3v) is 6.35. The number of hydrogen-bond donors (Lipinski definition) is 0. The maximum atomic E-state index is 13.6. The van der Waals surface area contributed by atoms with Crippen LogP contribution in [0.1, 0.15) is 31.0 Å². The summed E-state index contributed by atoms with van der Waals surface area (Å²) in [5.74, 6) is -0.00172. The summed E-state index contributed by atoms with van der Waals surface area (Å²) in [5, 5.41) is 0. The van der Waals surface area contributed by atoms with Crippen molar-refractivity contribution in [3.63, 3.8) is 0 Å². The van der Waals surface area contributed by atoms with Gasteiger partial charge in [0.05, 0.1) is 35.6 Å². The number of hydrogen-bond acceptors (Lipinski definition) is 7. The molecule has 1 aliphatic heterocycles. The normalized spacial score (nSPS) is 15.6. The molecule has 0 radical (unpaired) electrons. The molecular weight excluding hydrogens is 478 g/mol. The van der Waals surface area contributed by atoms with E-state index in [-0.39, 0.29) is 22.5 Å². The number of thiazole rings is 1. The quantitative estimate of drug-likeness (QED) is 0.465. The molecule has 0 spiro atoms. The number of esters is 1. The predicted octanol–water partition coefficient (Wildman–Crippen LogP) is 3.41. The molecule has 0 amide bonds. The Kier molecular flexibility index (Phi) is 7.11. The van der Waals surface area contributed by atoms with Gasteiger partial charge in [-0.2, -0.15) is 8.78 Å². The van der Waals surface area contributed by atoms with Crippen LogP contribution in [-0.2, 0) is 9.53 Å². The molecule has 3 aromatic rings. The Morgan fingerprint density at radius 2 is 1.91 bits per heavy atom. The van der Waals surface area contributed by atoms with E-state index in [0.717, 1.165) is 11.3 Å². The van der Waals surface area contributed by atoms with Gasteiger partial charge < -0.3 is 14.2 Å². The number of ether oxygens (including phenoxy) is 3. The molecule has 0 bridgehead atoms. The second-order valence-corrected chi connectivity index (χ2v) is 8.50. The molecule has 0 unspecified atom stereocenters. The highest BCUT2D eigenvalue weighted by atomic mass is 32.1. The van der Waals surface area contributed by atoms with Crippen molar-refractivity contribution in [2.75, 3.05) is 13.7 Å². The van der Waals surface area contributed by atoms with E-state index >= 15 is 0 Å². The number of para-hydroxylation sites is 1. The monoisotopic (exact) mass is 500 g/mol. The molecule has 10 heteroatoms. The van der Waals surface area contributed by atoms with Crippen LogP contribution in [0.3, 0.4) is 0 Å². The van der Waals surface area contributed by atoms with Crippen molar-refractivity contribution >= 4 is 23.4 Å². The molecule has 35 heavy (non-hydrogen) atoms. The molecule has 1 aromatic heterocycles. The third kappa shape index (κ3) is 4.88. The van der Waals surface area contributed by atoms with Gasteiger partial charge in [0.2, 0.25) is 0 Å². The summed E-state index contributed by atoms with van der Waals surface area (Å²) >= 11 is 1.10. The lowest BCUT2D eigenvalue weighted by Crippen LogP contribution is -2.39. The number of benzene rings is 2. The molecule has 0 saturated heterocycles. The SMILES string of the molecule is CCOC(=O)C1=C(C)N=c2s/c(=C\c3ccccc3OC(F)F)c(=O)n2[C@@H]1c1ccc(OC)cc1. The van der Waals surface area contributed by atoms with E-state index in [2.05, 4.69) is 9.73 Å². The summed E-state index contributed by atoms with van der Waals surface area (Å²) in [5.41, 5.74) is 1.24. The number of aromatic nitrogens is 1. The average Bonchev–Trinajstić information content (AvgIpc) is 3.13. The Morgan fingerprint density at radius 3 is 2.57 bits per heavy atom. The number of carbonyl (C=O) groups excluding carboxylic acids is 1. The van der Waals surface area contributed by atoms with Crippen LogP contribution in [0, 0.1) is 0 Å². The fourth-order valence-electron chi connectivity index (χ4n) is 3.84. The molecule has 1 aliphatic rings. The highest BCUT2D eigenvalue weighted by Crippen LogP contribution is 2.31. The summed E-state index contributed by atoms with van der Waals surface area (Å²) in [6.45, 7) is 0.544. The standard InChI is InChI=1S/C25H22F2N2O5S/c1-4-33-23(31)20-14(2)28-25-29(21(20)15-9-11-17(32-3)12-10-15)22(30)19(35-25)13-16-7-5-6-8-18(16)34-24(26)27/h5-13,21,24H,4H2,1-3H3/b19-13-/t21-/m1/s1. The van der Waals surface area contributed by atoms with Gasteiger partial charge in [0.1, 0.15) is 11.5 Å². The lowest BCUT2D eigenvalue weighted by molar-refractivity contribution is -0.139. The Balaban J connectivity index is 1.92. The van der Waals surface area contributed by atoms with Crippen molar-refractivity contribution in [1.82, 2.24) is 4.57 Å². The van der Waals surface area contributed by atoms with Crippen molar-refractivity contribution in [1.29, 1.82) is 0 Å². The third-order valence-electron chi connectivity index (χ3n) is 5.37. The van der Waals surface area contributed by atoms with Crippen molar-refractivity contribution in [2.24, 2.45) is 4.99 Å². The summed E-state index contributed by atoms with van der Waals surface area (Å²) in [7, 11) is 1.54. The zero-order chi connectivity index (χ0) is 25.1. The van der Waals surface area contributed by atoms with E-state index in [4.69, 9.17) is 9.47 Å². The zero-order valence-electron chi connectivity index (χ0n) is 19.2. The zero-order valence-corrected chi connectivity index (χ0v) is 20.0. The number of nitrogens with zero attached hydrogens (tertiary/aromatic N) is 2. The average molecular weight is 501 g/mol. The van der Waals surface area contributed by atoms with E-state index in [9.17, 15) is 18.4 Å². The Hall–Kier alpha value is -3.79. The van der Waals surface area contributed by atoms with Gasteiger partial charge in [0, 0.05) is 5.56 Å². The Morgan fingerprint density at radius 1 is 1.20 bits per heavy atom. The molecule has 2 aromatic carbocycles. The minimum atomic E-state index is -3.00. The van der Waals surface area contributed by atoms with Crippen LogP contribution in [0.15, 0.2) is 69.6 Å². The van der Waals surface area contributed by atoms with Gasteiger partial charge in [-0.15, -0.1) is 0 Å². The van der Waals surface area contributed by atoms with Crippen LogP contribution >= 0.6 is 11.3 Å². The van der Waals surface area contributed by atoms with Gasteiger partial charge in [-0.3, -0.25) is 9.36 Å². The van der Waals surface area contributed by atoms with Crippen LogP contribution in [0.4, 0.5) is 8.78 Å². The molecule has 7 nitrogen and oxygen atoms in total. The van der Waals surface area contributed by atoms with E-state index in [1.165, 1.54) is 16.7 Å². The number of allylic oxidation sites excluding steroid dienone is 1. The Labute approximate surface area is 203 Å². The first-order valence-corrected chi connectivity index (χ1v) is 11.5. The first-order valence-electron chi connectivity index (χ1n) is 10.7. The summed E-state index contributed by atoms with van der Waals surface area (Å²) in [4.78, 5) is 31.4. The molecule has 2 heterocycles. The van der Waals surface area contributed by atoms with E-state index in [1.807, 2.05) is 0 Å². The Bertz CT molecular complexity index is 1460. The van der Waals surface area contributed by atoms with Crippen LogP contribution in [0.25, 0.3) is 6.08 Å². The summed E-state index contributed by atoms with van der Waals surface area (Å²) < 4.78 is 42.5. The first-order chi connectivity index (χ1) is 16.8. The van der Waals surface area contributed by atoms with E-state index in [0.29, 0.717) is 27.4 Å². The van der Waals surface area contributed by atoms with Gasteiger partial charge >= 0.3 is 12.6 Å². The molecular formula is C25H22F2N2O5S. The summed E-state index contributed by atoms with van der Waals surface area (Å²) in [6.07, 6.45) is 1.48. The molecule has 182 valence electrons. The smallest absolute Gasteiger partial charge is 0.387 e. The molecule has 0 fully saturated rings. The lowest BCUT2D eigenvalue weighted by Gasteiger charge is -2.24. The van der Waals surface area contributed by atoms with E-state index < -0.39 is 24.2 Å². The lowest BCUT2D eigenvalue weighted by atomic mass is 9.96. The maximum absolute atomic E-state index is 13.6. The van der Waals surface area contributed by atoms with Gasteiger partial charge in [0.25, 0.3) is 5.56 Å². The number of rotatable bonds is 7. The summed E-state index contributed by atoms with van der Waals surface area (Å²) in [6, 6.07) is 12.4. The van der Waals surface area contributed by atoms with Crippen molar-refractivity contribution in [3.8, 4) is 11.5 Å². The minimum absolute atomic E-state index is 0.0524. The van der Waals surface area contributed by atoms with E-state index in [1.54, 1.807) is 63.4 Å². The minimum Gasteiger partial charge on any atom is -0.497 e. The van der Waals surface area contributed by atoms with Gasteiger partial charge in [-0.05, 0) is 43.7 Å². The molecule has 1 atom stereocenters. The highest BCUT2D eigenvalue weighted by molar-refractivity contribution is 7.07. The second-order valence-electron chi connectivity index (χ2n) is 7.49. The topological polar surface area (TPSA) is 79.1 Å². The van der Waals surface area contributed by atoms with Crippen LogP contribution in [0.2, 0.25) is 0 Å². The largest absolute Gasteiger partial charge is 0.497 e. The number of halogens is 2. The van der Waals surface area contributed by atoms with Crippen LogP contribution in [-0.4, -0.2) is 30.9 Å². The van der Waals surface area contributed by atoms with Gasteiger partial charge in [0.15, 0.2) is 4.80 Å². The van der Waals surface area contributed by atoms with Crippen LogP contribution in [0.5, 0.6) is 11.5 Å². The molecule has 0 saturated carbocycles. The maximum Gasteiger partial charge on any atom is 0.387 e. The predicted molar refractivity (Wildman–Crippen MR) is 126 cm³/mol. The number of alkyl halides is 2. The molecule has 0 aliphatic carbocycles. The number of carbonyl (C=O) groups is 1. The molecule has 4 rings (SSSR count). The fraction of sp³-hybridized carbons (Fsp3) is 0.240. The fourth-order valence-corrected chi connectivity index (χ4v) is 4.87. The molecule has 0 N–H and O–H groups in total. The second kappa shape index (κ2) is 10.2. The number of methoxy groups -OCH3 is 1.